The number of carboxylic acids is 1. The van der Waals surface area contributed by atoms with Crippen molar-refractivity contribution in [1.82, 2.24) is 20.3 Å². The number of nitrogens with one attached hydrogen (secondary N) is 1. The van der Waals surface area contributed by atoms with E-state index in [0.29, 0.717) is 5.69 Å². The standard InChI is InChI=1S/C17H20N4O3S/c22-15(23)12-21-11-13(19-20-21)10-18-16(24)17(8-4-5-9-17)25-14-6-2-1-3-7-14/h1-3,6-7,11H,4-5,8-10,12H2,(H,18,24)(H,22,23). The second-order valence-corrected chi connectivity index (χ2v) is 7.56. The molecule has 3 rings (SSSR count). The molecule has 2 aromatic rings. The minimum absolute atomic E-state index is 0.00615. The fourth-order valence-corrected chi connectivity index (χ4v) is 4.41. The van der Waals surface area contributed by atoms with Crippen LogP contribution in [-0.4, -0.2) is 36.7 Å². The first-order chi connectivity index (χ1) is 12.1. The number of aliphatic carboxylic acids is 1. The highest BCUT2D eigenvalue weighted by molar-refractivity contribution is 8.01. The Morgan fingerprint density at radius 3 is 2.64 bits per heavy atom. The molecule has 1 aliphatic carbocycles. The van der Waals surface area contributed by atoms with E-state index in [9.17, 15) is 9.59 Å². The lowest BCUT2D eigenvalue weighted by molar-refractivity contribution is -0.138. The molecule has 1 saturated carbocycles. The number of hydrogen-bond donors (Lipinski definition) is 2. The topological polar surface area (TPSA) is 97.1 Å². The van der Waals surface area contributed by atoms with E-state index in [0.717, 1.165) is 30.6 Å². The number of carbonyl (C=O) groups is 2. The quantitative estimate of drug-likeness (QED) is 0.785. The van der Waals surface area contributed by atoms with Gasteiger partial charge < -0.3 is 10.4 Å². The highest BCUT2D eigenvalue weighted by Crippen LogP contribution is 2.45. The third-order valence-electron chi connectivity index (χ3n) is 4.19. The Kier molecular flexibility index (Phi) is 5.37. The smallest absolute Gasteiger partial charge is 0.325 e. The Hall–Kier alpha value is -2.35. The first-order valence-electron chi connectivity index (χ1n) is 8.21. The number of amides is 1. The van der Waals surface area contributed by atoms with Crippen LogP contribution in [0, 0.1) is 0 Å². The Bertz CT molecular complexity index is 741. The van der Waals surface area contributed by atoms with Gasteiger partial charge in [0.05, 0.1) is 17.5 Å². The molecule has 1 aromatic heterocycles. The van der Waals surface area contributed by atoms with Gasteiger partial charge in [0.15, 0.2) is 0 Å². The molecule has 1 amide bonds. The van der Waals surface area contributed by atoms with Crippen LogP contribution in [0.25, 0.3) is 0 Å². The van der Waals surface area contributed by atoms with E-state index in [1.54, 1.807) is 18.0 Å². The molecule has 25 heavy (non-hydrogen) atoms. The van der Waals surface area contributed by atoms with Gasteiger partial charge in [-0.25, -0.2) is 4.68 Å². The molecule has 0 unspecified atom stereocenters. The Balaban J connectivity index is 1.63. The molecule has 1 heterocycles. The van der Waals surface area contributed by atoms with Crippen molar-refractivity contribution in [2.75, 3.05) is 0 Å². The average Bonchev–Trinajstić information content (AvgIpc) is 3.23. The maximum absolute atomic E-state index is 12.8. The number of nitrogens with zero attached hydrogens (tertiary/aromatic N) is 3. The van der Waals surface area contributed by atoms with Gasteiger partial charge in [0.25, 0.3) is 0 Å². The SMILES string of the molecule is O=C(O)Cn1cc(CNC(=O)C2(Sc3ccccc3)CCCC2)nn1. The lowest BCUT2D eigenvalue weighted by Crippen LogP contribution is -2.42. The van der Waals surface area contributed by atoms with E-state index >= 15 is 0 Å². The summed E-state index contributed by atoms with van der Waals surface area (Å²) in [6, 6.07) is 9.96. The van der Waals surface area contributed by atoms with E-state index in [1.165, 1.54) is 4.68 Å². The molecule has 0 radical (unpaired) electrons. The van der Waals surface area contributed by atoms with Gasteiger partial charge in [-0.1, -0.05) is 36.3 Å². The maximum atomic E-state index is 12.8. The molecule has 0 atom stereocenters. The number of benzene rings is 1. The minimum Gasteiger partial charge on any atom is -0.480 e. The number of rotatable bonds is 7. The normalized spacial score (nSPS) is 15.8. The lowest BCUT2D eigenvalue weighted by atomic mass is 10.1. The Morgan fingerprint density at radius 1 is 1.24 bits per heavy atom. The predicted molar refractivity (Wildman–Crippen MR) is 93.0 cm³/mol. The number of aromatic nitrogens is 3. The second-order valence-electron chi connectivity index (χ2n) is 6.10. The maximum Gasteiger partial charge on any atom is 0.325 e. The molecule has 7 nitrogen and oxygen atoms in total. The van der Waals surface area contributed by atoms with Gasteiger partial charge >= 0.3 is 5.97 Å². The van der Waals surface area contributed by atoms with Gasteiger partial charge in [-0.15, -0.1) is 16.9 Å². The monoisotopic (exact) mass is 360 g/mol. The largest absolute Gasteiger partial charge is 0.480 e. The van der Waals surface area contributed by atoms with Crippen LogP contribution >= 0.6 is 11.8 Å². The molecule has 0 spiro atoms. The first-order valence-corrected chi connectivity index (χ1v) is 9.02. The number of thioether (sulfide) groups is 1. The van der Waals surface area contributed by atoms with Gasteiger partial charge in [0.2, 0.25) is 5.91 Å². The Labute approximate surface area is 149 Å². The molecule has 0 aliphatic heterocycles. The van der Waals surface area contributed by atoms with Crippen LogP contribution in [0.3, 0.4) is 0 Å². The van der Waals surface area contributed by atoms with Crippen molar-refractivity contribution >= 4 is 23.6 Å². The van der Waals surface area contributed by atoms with Crippen LogP contribution < -0.4 is 5.32 Å². The van der Waals surface area contributed by atoms with Crippen molar-refractivity contribution < 1.29 is 14.7 Å². The highest BCUT2D eigenvalue weighted by atomic mass is 32.2. The number of carboxylic acid groups (broad SMARTS) is 1. The summed E-state index contributed by atoms with van der Waals surface area (Å²) in [4.78, 5) is 24.6. The van der Waals surface area contributed by atoms with Gasteiger partial charge in [-0.3, -0.25) is 9.59 Å². The van der Waals surface area contributed by atoms with Crippen LogP contribution in [-0.2, 0) is 22.7 Å². The number of carbonyl (C=O) groups excluding carboxylic acids is 1. The molecule has 1 aromatic carbocycles. The zero-order chi connectivity index (χ0) is 17.7. The van der Waals surface area contributed by atoms with E-state index in [2.05, 4.69) is 15.6 Å². The average molecular weight is 360 g/mol. The molecule has 132 valence electrons. The van der Waals surface area contributed by atoms with Crippen LogP contribution in [0.4, 0.5) is 0 Å². The molecule has 0 saturated heterocycles. The summed E-state index contributed by atoms with van der Waals surface area (Å²) in [7, 11) is 0. The molecular formula is C17H20N4O3S. The van der Waals surface area contributed by atoms with E-state index < -0.39 is 10.7 Å². The van der Waals surface area contributed by atoms with Gasteiger partial charge in [0, 0.05) is 4.90 Å². The molecular weight excluding hydrogens is 340 g/mol. The van der Waals surface area contributed by atoms with Crippen molar-refractivity contribution in [3.8, 4) is 0 Å². The highest BCUT2D eigenvalue weighted by Gasteiger charge is 2.42. The summed E-state index contributed by atoms with van der Waals surface area (Å²) in [6.45, 7) is 0.00426. The fraction of sp³-hybridized carbons (Fsp3) is 0.412. The number of hydrogen-bond acceptors (Lipinski definition) is 5. The van der Waals surface area contributed by atoms with Gasteiger partial charge in [-0.2, -0.15) is 0 Å². The zero-order valence-corrected chi connectivity index (χ0v) is 14.5. The molecule has 8 heteroatoms. The van der Waals surface area contributed by atoms with Gasteiger partial charge in [-0.05, 0) is 25.0 Å². The summed E-state index contributed by atoms with van der Waals surface area (Å²) < 4.78 is 0.798. The summed E-state index contributed by atoms with van der Waals surface area (Å²) in [5.41, 5.74) is 0.549. The van der Waals surface area contributed by atoms with Crippen molar-refractivity contribution in [3.63, 3.8) is 0 Å². The van der Waals surface area contributed by atoms with Crippen LogP contribution in [0.1, 0.15) is 31.4 Å². The third-order valence-corrected chi connectivity index (χ3v) is 5.69. The predicted octanol–water partition coefficient (Wildman–Crippen LogP) is 2.08. The molecule has 1 fully saturated rings. The summed E-state index contributed by atoms with van der Waals surface area (Å²) in [6.07, 6.45) is 5.33. The first kappa shape index (κ1) is 17.5. The van der Waals surface area contributed by atoms with E-state index in [4.69, 9.17) is 5.11 Å². The van der Waals surface area contributed by atoms with Crippen LogP contribution in [0.5, 0.6) is 0 Å². The molecule has 0 bridgehead atoms. The zero-order valence-electron chi connectivity index (χ0n) is 13.7. The van der Waals surface area contributed by atoms with Crippen molar-refractivity contribution in [2.45, 2.75) is 48.4 Å². The summed E-state index contributed by atoms with van der Waals surface area (Å²) in [5.74, 6) is -0.976. The Morgan fingerprint density at radius 2 is 1.96 bits per heavy atom. The minimum atomic E-state index is -0.982. The summed E-state index contributed by atoms with van der Waals surface area (Å²) in [5, 5.41) is 19.3. The van der Waals surface area contributed by atoms with Crippen LogP contribution in [0.15, 0.2) is 41.4 Å². The summed E-state index contributed by atoms with van der Waals surface area (Å²) >= 11 is 1.62. The molecule has 1 aliphatic rings. The third kappa shape index (κ3) is 4.39. The van der Waals surface area contributed by atoms with Crippen molar-refractivity contribution in [3.05, 3.63) is 42.2 Å². The fourth-order valence-electron chi connectivity index (χ4n) is 3.00. The molecule has 2 N–H and O–H groups in total. The van der Waals surface area contributed by atoms with E-state index in [-0.39, 0.29) is 19.0 Å². The van der Waals surface area contributed by atoms with Crippen LogP contribution in [0.2, 0.25) is 0 Å². The second kappa shape index (κ2) is 7.69. The van der Waals surface area contributed by atoms with Crippen molar-refractivity contribution in [1.29, 1.82) is 0 Å². The van der Waals surface area contributed by atoms with Gasteiger partial charge in [0.1, 0.15) is 12.2 Å². The van der Waals surface area contributed by atoms with Crippen molar-refractivity contribution in [2.24, 2.45) is 0 Å². The van der Waals surface area contributed by atoms with E-state index in [1.807, 2.05) is 30.3 Å². The lowest BCUT2D eigenvalue weighted by Gasteiger charge is -2.27.